The maximum atomic E-state index is 3.90. The standard InChI is InChI=1S/C8H20N3/c1-5-8(10-3,11-4)6-7-9-2/h9-11H,1,5-7H2,2-4H3. The summed E-state index contributed by atoms with van der Waals surface area (Å²) in [5, 5.41) is 9.59. The van der Waals surface area contributed by atoms with Crippen LogP contribution in [0.4, 0.5) is 0 Å². The van der Waals surface area contributed by atoms with Crippen LogP contribution >= 0.6 is 0 Å². The minimum Gasteiger partial charge on any atom is -0.320 e. The van der Waals surface area contributed by atoms with Crippen LogP contribution in [0.5, 0.6) is 0 Å². The van der Waals surface area contributed by atoms with Gasteiger partial charge in [-0.05, 0) is 40.5 Å². The average Bonchev–Trinajstić information content (AvgIpc) is 2.08. The van der Waals surface area contributed by atoms with Gasteiger partial charge in [-0.1, -0.05) is 6.92 Å². The Labute approximate surface area is 69.9 Å². The predicted octanol–water partition coefficient (Wildman–Crippen LogP) is -0.0448. The van der Waals surface area contributed by atoms with E-state index in [1.165, 1.54) is 0 Å². The highest BCUT2D eigenvalue weighted by molar-refractivity contribution is 4.83. The van der Waals surface area contributed by atoms with Gasteiger partial charge in [0.2, 0.25) is 0 Å². The SMILES string of the molecule is [CH2]CC(CCNC)(NC)NC. The van der Waals surface area contributed by atoms with Crippen molar-refractivity contribution in [3.05, 3.63) is 6.92 Å². The first kappa shape index (κ1) is 10.9. The lowest BCUT2D eigenvalue weighted by Crippen LogP contribution is -2.54. The van der Waals surface area contributed by atoms with Gasteiger partial charge < -0.3 is 16.0 Å². The third-order valence-electron chi connectivity index (χ3n) is 2.19. The number of hydrogen-bond donors (Lipinski definition) is 3. The van der Waals surface area contributed by atoms with E-state index in [1.807, 2.05) is 21.1 Å². The highest BCUT2D eigenvalue weighted by Gasteiger charge is 2.21. The van der Waals surface area contributed by atoms with E-state index < -0.39 is 0 Å². The molecule has 0 unspecified atom stereocenters. The molecule has 67 valence electrons. The molecule has 0 bridgehead atoms. The molecule has 0 aliphatic heterocycles. The van der Waals surface area contributed by atoms with Crippen LogP contribution in [0, 0.1) is 6.92 Å². The molecule has 0 rings (SSSR count). The molecule has 0 saturated heterocycles. The molecule has 0 spiro atoms. The number of hydrogen-bond acceptors (Lipinski definition) is 3. The molecule has 0 saturated carbocycles. The van der Waals surface area contributed by atoms with Crippen LogP contribution in [0.2, 0.25) is 0 Å². The molecular formula is C8H20N3. The second-order valence-electron chi connectivity index (χ2n) is 2.69. The van der Waals surface area contributed by atoms with Gasteiger partial charge in [0.25, 0.3) is 0 Å². The Balaban J connectivity index is 3.84. The van der Waals surface area contributed by atoms with Gasteiger partial charge in [0.1, 0.15) is 0 Å². The van der Waals surface area contributed by atoms with Gasteiger partial charge in [-0.3, -0.25) is 0 Å². The number of rotatable bonds is 6. The fourth-order valence-electron chi connectivity index (χ4n) is 1.09. The first-order chi connectivity index (χ1) is 5.24. The summed E-state index contributed by atoms with van der Waals surface area (Å²) in [5.41, 5.74) is 0.00299. The van der Waals surface area contributed by atoms with Crippen LogP contribution in [-0.2, 0) is 0 Å². The fraction of sp³-hybridized carbons (Fsp3) is 0.875. The van der Waals surface area contributed by atoms with Crippen molar-refractivity contribution in [2.45, 2.75) is 18.5 Å². The van der Waals surface area contributed by atoms with Crippen molar-refractivity contribution in [2.24, 2.45) is 0 Å². The Hall–Kier alpha value is -0.120. The Bertz CT molecular complexity index is 81.1. The summed E-state index contributed by atoms with van der Waals surface area (Å²) >= 11 is 0. The first-order valence-electron chi connectivity index (χ1n) is 4.06. The van der Waals surface area contributed by atoms with Crippen molar-refractivity contribution >= 4 is 0 Å². The van der Waals surface area contributed by atoms with Gasteiger partial charge in [-0.2, -0.15) is 0 Å². The van der Waals surface area contributed by atoms with Gasteiger partial charge in [-0.25, -0.2) is 0 Å². The second-order valence-corrected chi connectivity index (χ2v) is 2.69. The van der Waals surface area contributed by atoms with Gasteiger partial charge in [0.05, 0.1) is 5.66 Å². The Morgan fingerprint density at radius 2 is 1.73 bits per heavy atom. The normalized spacial score (nSPS) is 12.0. The van der Waals surface area contributed by atoms with Crippen molar-refractivity contribution in [1.29, 1.82) is 0 Å². The van der Waals surface area contributed by atoms with Crippen LogP contribution in [0.15, 0.2) is 0 Å². The third kappa shape index (κ3) is 3.18. The molecule has 0 aromatic heterocycles. The molecule has 3 heteroatoms. The summed E-state index contributed by atoms with van der Waals surface area (Å²) in [6.45, 7) is 4.90. The molecule has 0 atom stereocenters. The lowest BCUT2D eigenvalue weighted by Gasteiger charge is -2.32. The summed E-state index contributed by atoms with van der Waals surface area (Å²) in [4.78, 5) is 0. The predicted molar refractivity (Wildman–Crippen MR) is 49.4 cm³/mol. The highest BCUT2D eigenvalue weighted by atomic mass is 15.2. The smallest absolute Gasteiger partial charge is 0.0694 e. The van der Waals surface area contributed by atoms with Crippen LogP contribution in [0.1, 0.15) is 12.8 Å². The van der Waals surface area contributed by atoms with E-state index in [0.717, 1.165) is 19.4 Å². The lowest BCUT2D eigenvalue weighted by molar-refractivity contribution is 0.274. The average molecular weight is 158 g/mol. The molecule has 0 aromatic rings. The van der Waals surface area contributed by atoms with E-state index in [-0.39, 0.29) is 5.66 Å². The minimum atomic E-state index is 0.00299. The lowest BCUT2D eigenvalue weighted by atomic mass is 10.0. The Morgan fingerprint density at radius 1 is 1.18 bits per heavy atom. The van der Waals surface area contributed by atoms with Gasteiger partial charge >= 0.3 is 0 Å². The molecular weight excluding hydrogens is 138 g/mol. The zero-order valence-electron chi connectivity index (χ0n) is 7.83. The molecule has 0 fully saturated rings. The molecule has 0 aromatic carbocycles. The molecule has 1 radical (unpaired) electrons. The summed E-state index contributed by atoms with van der Waals surface area (Å²) in [6, 6.07) is 0. The molecule has 0 aliphatic carbocycles. The van der Waals surface area contributed by atoms with Crippen LogP contribution < -0.4 is 16.0 Å². The van der Waals surface area contributed by atoms with Gasteiger partial charge in [-0.15, -0.1) is 0 Å². The van der Waals surface area contributed by atoms with Crippen molar-refractivity contribution in [3.8, 4) is 0 Å². The third-order valence-corrected chi connectivity index (χ3v) is 2.19. The molecule has 0 amide bonds. The van der Waals surface area contributed by atoms with Crippen molar-refractivity contribution in [1.82, 2.24) is 16.0 Å². The summed E-state index contributed by atoms with van der Waals surface area (Å²) in [6.07, 6.45) is 1.89. The van der Waals surface area contributed by atoms with Gasteiger partial charge in [0, 0.05) is 0 Å². The largest absolute Gasteiger partial charge is 0.320 e. The summed E-state index contributed by atoms with van der Waals surface area (Å²) in [5.74, 6) is 0. The van der Waals surface area contributed by atoms with E-state index in [4.69, 9.17) is 0 Å². The first-order valence-corrected chi connectivity index (χ1v) is 4.06. The zero-order chi connectivity index (χ0) is 8.74. The van der Waals surface area contributed by atoms with E-state index in [9.17, 15) is 0 Å². The summed E-state index contributed by atoms with van der Waals surface area (Å²) < 4.78 is 0. The number of nitrogens with one attached hydrogen (secondary N) is 3. The van der Waals surface area contributed by atoms with Crippen molar-refractivity contribution in [2.75, 3.05) is 27.7 Å². The quantitative estimate of drug-likeness (QED) is 0.475. The monoisotopic (exact) mass is 158 g/mol. The van der Waals surface area contributed by atoms with Crippen LogP contribution in [-0.4, -0.2) is 33.4 Å². The topological polar surface area (TPSA) is 36.1 Å². The summed E-state index contributed by atoms with van der Waals surface area (Å²) in [7, 11) is 5.87. The second kappa shape index (κ2) is 5.52. The van der Waals surface area contributed by atoms with E-state index in [0.29, 0.717) is 0 Å². The van der Waals surface area contributed by atoms with E-state index in [2.05, 4.69) is 22.9 Å². The molecule has 3 nitrogen and oxygen atoms in total. The fourth-order valence-corrected chi connectivity index (χ4v) is 1.09. The van der Waals surface area contributed by atoms with Crippen molar-refractivity contribution < 1.29 is 0 Å². The molecule has 11 heavy (non-hydrogen) atoms. The molecule has 3 N–H and O–H groups in total. The van der Waals surface area contributed by atoms with Gasteiger partial charge in [0.15, 0.2) is 0 Å². The minimum absolute atomic E-state index is 0.00299. The van der Waals surface area contributed by atoms with Crippen LogP contribution in [0.25, 0.3) is 0 Å². The van der Waals surface area contributed by atoms with E-state index in [1.54, 1.807) is 0 Å². The highest BCUT2D eigenvalue weighted by Crippen LogP contribution is 2.08. The Kier molecular flexibility index (Phi) is 5.46. The molecule has 0 heterocycles. The maximum absolute atomic E-state index is 3.90. The molecule has 0 aliphatic rings. The Morgan fingerprint density at radius 3 is 2.00 bits per heavy atom. The van der Waals surface area contributed by atoms with Crippen molar-refractivity contribution in [3.63, 3.8) is 0 Å². The zero-order valence-corrected chi connectivity index (χ0v) is 7.83. The van der Waals surface area contributed by atoms with E-state index >= 15 is 0 Å². The van der Waals surface area contributed by atoms with Crippen LogP contribution in [0.3, 0.4) is 0 Å². The maximum Gasteiger partial charge on any atom is 0.0694 e.